The molecular weight excluding hydrogens is 176 g/mol. The van der Waals surface area contributed by atoms with Crippen LogP contribution in [0.25, 0.3) is 6.08 Å². The second kappa shape index (κ2) is 4.61. The Kier molecular flexibility index (Phi) is 3.46. The van der Waals surface area contributed by atoms with E-state index in [1.807, 2.05) is 25.1 Å². The van der Waals surface area contributed by atoms with Gasteiger partial charge in [0.25, 0.3) is 0 Å². The van der Waals surface area contributed by atoms with Crippen molar-refractivity contribution in [3.05, 3.63) is 41.5 Å². The fraction of sp³-hybridized carbons (Fsp3) is 0.250. The maximum Gasteiger partial charge on any atom is 0.338 e. The van der Waals surface area contributed by atoms with Crippen molar-refractivity contribution in [1.82, 2.24) is 0 Å². The Balaban J connectivity index is 3.16. The first kappa shape index (κ1) is 10.5. The Bertz CT molecular complexity index is 353. The summed E-state index contributed by atoms with van der Waals surface area (Å²) in [5.41, 5.74) is 2.36. The van der Waals surface area contributed by atoms with Gasteiger partial charge in [-0.15, -0.1) is 0 Å². The molecular formula is C12H14O2. The Labute approximate surface area is 84.2 Å². The third kappa shape index (κ3) is 2.02. The van der Waals surface area contributed by atoms with E-state index < -0.39 is 0 Å². The van der Waals surface area contributed by atoms with Crippen molar-refractivity contribution in [3.8, 4) is 0 Å². The Morgan fingerprint density at radius 1 is 1.57 bits per heavy atom. The topological polar surface area (TPSA) is 26.3 Å². The highest BCUT2D eigenvalue weighted by Gasteiger charge is 2.12. The summed E-state index contributed by atoms with van der Waals surface area (Å²) in [5.74, 6) is -0.277. The summed E-state index contributed by atoms with van der Waals surface area (Å²) >= 11 is 0. The van der Waals surface area contributed by atoms with Gasteiger partial charge < -0.3 is 4.74 Å². The lowest BCUT2D eigenvalue weighted by Gasteiger charge is -2.08. The van der Waals surface area contributed by atoms with Gasteiger partial charge in [-0.25, -0.2) is 4.79 Å². The molecule has 2 heteroatoms. The van der Waals surface area contributed by atoms with Crippen LogP contribution in [0.5, 0.6) is 0 Å². The first-order valence-corrected chi connectivity index (χ1v) is 4.59. The molecule has 0 aliphatic heterocycles. The molecule has 0 spiro atoms. The van der Waals surface area contributed by atoms with Gasteiger partial charge in [0.1, 0.15) is 0 Å². The normalized spacial score (nSPS) is 9.57. The van der Waals surface area contributed by atoms with Crippen molar-refractivity contribution in [1.29, 1.82) is 0 Å². The van der Waals surface area contributed by atoms with Crippen LogP contribution >= 0.6 is 0 Å². The van der Waals surface area contributed by atoms with Crippen LogP contribution in [0.4, 0.5) is 0 Å². The lowest BCUT2D eigenvalue weighted by molar-refractivity contribution is 0.0525. The molecule has 0 heterocycles. The number of esters is 1. The number of carbonyl (C=O) groups excluding carboxylic acids is 1. The molecule has 0 radical (unpaired) electrons. The molecule has 0 unspecified atom stereocenters. The second-order valence-electron chi connectivity index (χ2n) is 2.96. The molecule has 0 fully saturated rings. The van der Waals surface area contributed by atoms with E-state index >= 15 is 0 Å². The monoisotopic (exact) mass is 190 g/mol. The summed E-state index contributed by atoms with van der Waals surface area (Å²) in [4.78, 5) is 11.6. The minimum Gasteiger partial charge on any atom is -0.462 e. The van der Waals surface area contributed by atoms with Crippen LogP contribution in [0.1, 0.15) is 28.4 Å². The summed E-state index contributed by atoms with van der Waals surface area (Å²) in [6, 6.07) is 5.64. The minimum atomic E-state index is -0.277. The molecule has 2 nitrogen and oxygen atoms in total. The first-order chi connectivity index (χ1) is 6.70. The summed E-state index contributed by atoms with van der Waals surface area (Å²) in [7, 11) is 0. The zero-order chi connectivity index (χ0) is 10.6. The fourth-order valence-electron chi connectivity index (χ4n) is 1.34. The molecule has 14 heavy (non-hydrogen) atoms. The number of carbonyl (C=O) groups is 1. The van der Waals surface area contributed by atoms with Crippen molar-refractivity contribution < 1.29 is 9.53 Å². The average molecular weight is 190 g/mol. The van der Waals surface area contributed by atoms with Crippen LogP contribution in [-0.2, 0) is 4.74 Å². The van der Waals surface area contributed by atoms with Crippen LogP contribution in [-0.4, -0.2) is 12.6 Å². The molecule has 0 aliphatic rings. The van der Waals surface area contributed by atoms with E-state index in [0.29, 0.717) is 12.2 Å². The molecule has 0 saturated carbocycles. The molecule has 1 aromatic rings. The maximum atomic E-state index is 11.6. The van der Waals surface area contributed by atoms with Gasteiger partial charge in [0, 0.05) is 0 Å². The number of benzene rings is 1. The van der Waals surface area contributed by atoms with E-state index in [1.54, 1.807) is 13.0 Å². The van der Waals surface area contributed by atoms with E-state index in [1.165, 1.54) is 0 Å². The van der Waals surface area contributed by atoms with Gasteiger partial charge in [-0.2, -0.15) is 0 Å². The Morgan fingerprint density at radius 2 is 2.29 bits per heavy atom. The van der Waals surface area contributed by atoms with E-state index in [-0.39, 0.29) is 5.97 Å². The zero-order valence-corrected chi connectivity index (χ0v) is 8.54. The van der Waals surface area contributed by atoms with Crippen LogP contribution in [0.2, 0.25) is 0 Å². The Hall–Kier alpha value is -1.57. The number of ether oxygens (including phenoxy) is 1. The van der Waals surface area contributed by atoms with E-state index in [4.69, 9.17) is 4.74 Å². The van der Waals surface area contributed by atoms with E-state index in [0.717, 1.165) is 11.1 Å². The van der Waals surface area contributed by atoms with E-state index in [2.05, 4.69) is 6.58 Å². The SMILES string of the molecule is C=Cc1cccc(C)c1C(=O)OCC. The molecule has 0 saturated heterocycles. The standard InChI is InChI=1S/C12H14O2/c1-4-10-8-6-7-9(3)11(10)12(13)14-5-2/h4,6-8H,1,5H2,2-3H3. The quantitative estimate of drug-likeness (QED) is 0.685. The molecule has 0 aromatic heterocycles. The van der Waals surface area contributed by atoms with Crippen molar-refractivity contribution in [2.24, 2.45) is 0 Å². The third-order valence-corrected chi connectivity index (χ3v) is 2.00. The second-order valence-corrected chi connectivity index (χ2v) is 2.96. The van der Waals surface area contributed by atoms with Crippen LogP contribution in [0.15, 0.2) is 24.8 Å². The van der Waals surface area contributed by atoms with Crippen LogP contribution in [0, 0.1) is 6.92 Å². The van der Waals surface area contributed by atoms with Gasteiger partial charge in [-0.05, 0) is 25.0 Å². The molecule has 0 amide bonds. The summed E-state index contributed by atoms with van der Waals surface area (Å²) in [6.07, 6.45) is 1.67. The molecule has 0 bridgehead atoms. The van der Waals surface area contributed by atoms with Gasteiger partial charge in [0.15, 0.2) is 0 Å². The molecule has 74 valence electrons. The lowest BCUT2D eigenvalue weighted by Crippen LogP contribution is -2.08. The highest BCUT2D eigenvalue weighted by molar-refractivity contribution is 5.95. The smallest absolute Gasteiger partial charge is 0.338 e. The number of hydrogen-bond donors (Lipinski definition) is 0. The predicted molar refractivity (Wildman–Crippen MR) is 57.2 cm³/mol. The largest absolute Gasteiger partial charge is 0.462 e. The van der Waals surface area contributed by atoms with Gasteiger partial charge in [-0.1, -0.05) is 30.9 Å². The third-order valence-electron chi connectivity index (χ3n) is 2.00. The van der Waals surface area contributed by atoms with Crippen molar-refractivity contribution in [3.63, 3.8) is 0 Å². The highest BCUT2D eigenvalue weighted by Crippen LogP contribution is 2.16. The number of rotatable bonds is 3. The number of hydrogen-bond acceptors (Lipinski definition) is 2. The van der Waals surface area contributed by atoms with Crippen LogP contribution in [0.3, 0.4) is 0 Å². The minimum absolute atomic E-state index is 0.277. The van der Waals surface area contributed by atoms with Gasteiger partial charge in [0.2, 0.25) is 0 Å². The molecule has 0 atom stereocenters. The molecule has 0 N–H and O–H groups in total. The average Bonchev–Trinajstić information content (AvgIpc) is 2.17. The highest BCUT2D eigenvalue weighted by atomic mass is 16.5. The fourth-order valence-corrected chi connectivity index (χ4v) is 1.34. The van der Waals surface area contributed by atoms with Crippen molar-refractivity contribution >= 4 is 12.0 Å². The Morgan fingerprint density at radius 3 is 2.86 bits per heavy atom. The molecule has 1 rings (SSSR count). The first-order valence-electron chi connectivity index (χ1n) is 4.59. The predicted octanol–water partition coefficient (Wildman–Crippen LogP) is 2.81. The number of aryl methyl sites for hydroxylation is 1. The van der Waals surface area contributed by atoms with Gasteiger partial charge in [0.05, 0.1) is 12.2 Å². The lowest BCUT2D eigenvalue weighted by atomic mass is 10.0. The summed E-state index contributed by atoms with van der Waals surface area (Å²) in [6.45, 7) is 7.74. The maximum absolute atomic E-state index is 11.6. The van der Waals surface area contributed by atoms with Crippen molar-refractivity contribution in [2.75, 3.05) is 6.61 Å². The van der Waals surface area contributed by atoms with Crippen molar-refractivity contribution in [2.45, 2.75) is 13.8 Å². The van der Waals surface area contributed by atoms with Crippen LogP contribution < -0.4 is 0 Å². The van der Waals surface area contributed by atoms with Gasteiger partial charge in [-0.3, -0.25) is 0 Å². The summed E-state index contributed by atoms with van der Waals surface area (Å²) in [5, 5.41) is 0. The molecule has 1 aromatic carbocycles. The molecule has 0 aliphatic carbocycles. The zero-order valence-electron chi connectivity index (χ0n) is 8.54. The van der Waals surface area contributed by atoms with E-state index in [9.17, 15) is 4.79 Å². The summed E-state index contributed by atoms with van der Waals surface area (Å²) < 4.78 is 4.96. The van der Waals surface area contributed by atoms with Gasteiger partial charge >= 0.3 is 5.97 Å².